The molecule has 5 nitrogen and oxygen atoms in total. The molecule has 1 aromatic rings. The molecular formula is C16H19F3N4O. The monoisotopic (exact) mass is 340 g/mol. The fourth-order valence-electron chi connectivity index (χ4n) is 1.73. The lowest BCUT2D eigenvalue weighted by Gasteiger charge is -2.09. The van der Waals surface area contributed by atoms with Gasteiger partial charge in [-0.2, -0.15) is 13.2 Å². The van der Waals surface area contributed by atoms with E-state index < -0.39 is 17.6 Å². The van der Waals surface area contributed by atoms with Crippen molar-refractivity contribution in [3.05, 3.63) is 35.4 Å². The average molecular weight is 340 g/mol. The Morgan fingerprint density at radius 3 is 2.42 bits per heavy atom. The standard InChI is InChI=1S/C16H19F3N4O/c1-3-9-22-15(20-4-2)23-11-10-21-14(24)12-5-7-13(8-6-12)16(17,18)19/h1,5-8H,4,9-11H2,2H3,(H,21,24)(H2,20,22,23). The van der Waals surface area contributed by atoms with Gasteiger partial charge in [-0.05, 0) is 31.2 Å². The summed E-state index contributed by atoms with van der Waals surface area (Å²) in [5.74, 6) is 2.49. The minimum absolute atomic E-state index is 0.157. The summed E-state index contributed by atoms with van der Waals surface area (Å²) in [6.45, 7) is 3.43. The SMILES string of the molecule is C#CCNC(=NCCNC(=O)c1ccc(C(F)(F)F)cc1)NCC. The number of guanidine groups is 1. The second-order valence-electron chi connectivity index (χ2n) is 4.65. The van der Waals surface area contributed by atoms with Crippen molar-refractivity contribution in [3.63, 3.8) is 0 Å². The maximum atomic E-state index is 12.5. The van der Waals surface area contributed by atoms with Gasteiger partial charge in [-0.15, -0.1) is 6.42 Å². The number of amides is 1. The van der Waals surface area contributed by atoms with Crippen molar-refractivity contribution in [1.82, 2.24) is 16.0 Å². The van der Waals surface area contributed by atoms with Gasteiger partial charge in [-0.25, -0.2) is 0 Å². The van der Waals surface area contributed by atoms with Gasteiger partial charge in [0, 0.05) is 18.7 Å². The minimum Gasteiger partial charge on any atom is -0.357 e. The predicted octanol–water partition coefficient (Wildman–Crippen LogP) is 1.62. The number of carbonyl (C=O) groups is 1. The zero-order valence-corrected chi connectivity index (χ0v) is 13.2. The highest BCUT2D eigenvalue weighted by atomic mass is 19.4. The molecule has 0 saturated heterocycles. The molecule has 0 saturated carbocycles. The van der Waals surface area contributed by atoms with E-state index in [1.807, 2.05) is 6.92 Å². The van der Waals surface area contributed by atoms with Gasteiger partial charge in [-0.3, -0.25) is 9.79 Å². The van der Waals surface area contributed by atoms with E-state index in [0.29, 0.717) is 25.6 Å². The Hall–Kier alpha value is -2.69. The number of hydrogen-bond acceptors (Lipinski definition) is 2. The first kappa shape index (κ1) is 19.4. The van der Waals surface area contributed by atoms with Crippen LogP contribution in [0.1, 0.15) is 22.8 Å². The first-order valence-corrected chi connectivity index (χ1v) is 7.29. The number of terminal acetylenes is 1. The van der Waals surface area contributed by atoms with Gasteiger partial charge in [-0.1, -0.05) is 5.92 Å². The van der Waals surface area contributed by atoms with E-state index in [2.05, 4.69) is 26.9 Å². The van der Waals surface area contributed by atoms with Gasteiger partial charge < -0.3 is 16.0 Å². The molecule has 24 heavy (non-hydrogen) atoms. The highest BCUT2D eigenvalue weighted by molar-refractivity contribution is 5.94. The normalized spacial score (nSPS) is 11.5. The fraction of sp³-hybridized carbons (Fsp3) is 0.375. The molecule has 0 radical (unpaired) electrons. The number of aliphatic imine (C=N–C) groups is 1. The number of alkyl halides is 3. The maximum Gasteiger partial charge on any atom is 0.416 e. The smallest absolute Gasteiger partial charge is 0.357 e. The lowest BCUT2D eigenvalue weighted by atomic mass is 10.1. The molecule has 8 heteroatoms. The zero-order valence-electron chi connectivity index (χ0n) is 13.2. The van der Waals surface area contributed by atoms with E-state index >= 15 is 0 Å². The summed E-state index contributed by atoms with van der Waals surface area (Å²) in [6.07, 6.45) is 0.728. The molecular weight excluding hydrogens is 321 g/mol. The van der Waals surface area contributed by atoms with Gasteiger partial charge >= 0.3 is 6.18 Å². The Labute approximate surface area is 138 Å². The molecule has 0 aromatic heterocycles. The molecule has 1 aromatic carbocycles. The van der Waals surface area contributed by atoms with Crippen molar-refractivity contribution >= 4 is 11.9 Å². The molecule has 0 heterocycles. The molecule has 3 N–H and O–H groups in total. The van der Waals surface area contributed by atoms with Crippen LogP contribution in [0.25, 0.3) is 0 Å². The molecule has 0 atom stereocenters. The van der Waals surface area contributed by atoms with Gasteiger partial charge in [0.25, 0.3) is 5.91 Å². The molecule has 1 rings (SSSR count). The summed E-state index contributed by atoms with van der Waals surface area (Å²) >= 11 is 0. The zero-order chi connectivity index (χ0) is 18.0. The van der Waals surface area contributed by atoms with Crippen LogP contribution in [0.15, 0.2) is 29.3 Å². The Bertz CT molecular complexity index is 603. The third-order valence-electron chi connectivity index (χ3n) is 2.84. The number of benzene rings is 1. The van der Waals surface area contributed by atoms with Gasteiger partial charge in [0.2, 0.25) is 0 Å². The molecule has 0 spiro atoms. The van der Waals surface area contributed by atoms with Crippen LogP contribution in [0.2, 0.25) is 0 Å². The topological polar surface area (TPSA) is 65.5 Å². The van der Waals surface area contributed by atoms with Crippen molar-refractivity contribution in [1.29, 1.82) is 0 Å². The van der Waals surface area contributed by atoms with E-state index in [4.69, 9.17) is 6.42 Å². The molecule has 0 aliphatic heterocycles. The summed E-state index contributed by atoms with van der Waals surface area (Å²) in [7, 11) is 0. The van der Waals surface area contributed by atoms with Gasteiger partial charge in [0.1, 0.15) is 0 Å². The second-order valence-corrected chi connectivity index (χ2v) is 4.65. The van der Waals surface area contributed by atoms with Crippen molar-refractivity contribution in [3.8, 4) is 12.3 Å². The first-order chi connectivity index (χ1) is 11.4. The summed E-state index contributed by atoms with van der Waals surface area (Å²) in [6, 6.07) is 4.03. The minimum atomic E-state index is -4.42. The third kappa shape index (κ3) is 6.60. The van der Waals surface area contributed by atoms with E-state index in [0.717, 1.165) is 24.3 Å². The lowest BCUT2D eigenvalue weighted by molar-refractivity contribution is -0.137. The number of nitrogens with zero attached hydrogens (tertiary/aromatic N) is 1. The Balaban J connectivity index is 2.49. The van der Waals surface area contributed by atoms with Gasteiger partial charge in [0.05, 0.1) is 18.7 Å². The number of hydrogen-bond donors (Lipinski definition) is 3. The Morgan fingerprint density at radius 1 is 1.21 bits per heavy atom. The van der Waals surface area contributed by atoms with Crippen molar-refractivity contribution in [2.45, 2.75) is 13.1 Å². The largest absolute Gasteiger partial charge is 0.416 e. The van der Waals surface area contributed by atoms with Crippen LogP contribution in [-0.2, 0) is 6.18 Å². The molecule has 130 valence electrons. The van der Waals surface area contributed by atoms with Crippen LogP contribution in [0.3, 0.4) is 0 Å². The number of nitrogens with one attached hydrogen (secondary N) is 3. The van der Waals surface area contributed by atoms with E-state index in [-0.39, 0.29) is 12.1 Å². The van der Waals surface area contributed by atoms with Crippen LogP contribution >= 0.6 is 0 Å². The van der Waals surface area contributed by atoms with Crippen LogP contribution in [0, 0.1) is 12.3 Å². The van der Waals surface area contributed by atoms with E-state index in [1.165, 1.54) is 0 Å². The quantitative estimate of drug-likeness (QED) is 0.319. The molecule has 1 amide bonds. The Morgan fingerprint density at radius 2 is 1.88 bits per heavy atom. The number of carbonyl (C=O) groups excluding carboxylic acids is 1. The molecule has 0 unspecified atom stereocenters. The maximum absolute atomic E-state index is 12.5. The number of rotatable bonds is 6. The highest BCUT2D eigenvalue weighted by Gasteiger charge is 2.30. The molecule has 0 aliphatic carbocycles. The summed E-state index contributed by atoms with van der Waals surface area (Å²) in [5, 5.41) is 8.46. The summed E-state index contributed by atoms with van der Waals surface area (Å²) in [4.78, 5) is 16.0. The number of halogens is 3. The predicted molar refractivity (Wildman–Crippen MR) is 86.6 cm³/mol. The van der Waals surface area contributed by atoms with E-state index in [9.17, 15) is 18.0 Å². The molecule has 0 aliphatic rings. The molecule has 0 bridgehead atoms. The van der Waals surface area contributed by atoms with Crippen molar-refractivity contribution in [2.24, 2.45) is 4.99 Å². The van der Waals surface area contributed by atoms with Crippen LogP contribution in [0.4, 0.5) is 13.2 Å². The van der Waals surface area contributed by atoms with Crippen molar-refractivity contribution in [2.75, 3.05) is 26.2 Å². The highest BCUT2D eigenvalue weighted by Crippen LogP contribution is 2.28. The summed E-state index contributed by atoms with van der Waals surface area (Å²) in [5.41, 5.74) is -0.636. The fourth-order valence-corrected chi connectivity index (χ4v) is 1.73. The summed E-state index contributed by atoms with van der Waals surface area (Å²) < 4.78 is 37.4. The van der Waals surface area contributed by atoms with Crippen LogP contribution in [0.5, 0.6) is 0 Å². The van der Waals surface area contributed by atoms with Crippen LogP contribution in [-0.4, -0.2) is 38.0 Å². The van der Waals surface area contributed by atoms with E-state index in [1.54, 1.807) is 0 Å². The average Bonchev–Trinajstić information content (AvgIpc) is 2.55. The lowest BCUT2D eigenvalue weighted by Crippen LogP contribution is -2.38. The third-order valence-corrected chi connectivity index (χ3v) is 2.84. The van der Waals surface area contributed by atoms with Crippen LogP contribution < -0.4 is 16.0 Å². The van der Waals surface area contributed by atoms with Gasteiger partial charge in [0.15, 0.2) is 5.96 Å². The second kappa shape index (κ2) is 9.45. The Kier molecular flexibility index (Phi) is 7.62. The van der Waals surface area contributed by atoms with Crippen molar-refractivity contribution < 1.29 is 18.0 Å². The molecule has 0 fully saturated rings. The first-order valence-electron chi connectivity index (χ1n) is 7.29.